The van der Waals surface area contributed by atoms with Crippen molar-refractivity contribution in [2.45, 2.75) is 346 Å². The molecule has 1 heterocycles. The van der Waals surface area contributed by atoms with E-state index in [9.17, 15) is 35.1 Å². The maximum absolute atomic E-state index is 13.4. The summed E-state index contributed by atoms with van der Waals surface area (Å²) in [6.45, 7) is 5.67. The SMILES string of the molecule is CC/C=C/C=C/C=C\CCCCCCCC(=O)OC1C(OCC(NC(=O)C(O)CCCCCCCCCCCCCCCCCCCCCCCC)C(O)/C=C/CCCCCCCCCCCCC)OC(CO)C(O)C1O. The van der Waals surface area contributed by atoms with Crippen LogP contribution in [0.15, 0.2) is 48.6 Å². The lowest BCUT2D eigenvalue weighted by Gasteiger charge is -2.41. The first-order valence-corrected chi connectivity index (χ1v) is 32.4. The average Bonchev–Trinajstić information content (AvgIpc) is 3.43. The zero-order valence-corrected chi connectivity index (χ0v) is 49.8. The van der Waals surface area contributed by atoms with E-state index in [0.29, 0.717) is 19.3 Å². The Morgan fingerprint density at radius 3 is 1.39 bits per heavy atom. The van der Waals surface area contributed by atoms with Gasteiger partial charge in [0, 0.05) is 6.42 Å². The summed E-state index contributed by atoms with van der Waals surface area (Å²) >= 11 is 0. The maximum Gasteiger partial charge on any atom is 0.306 e. The second-order valence-electron chi connectivity index (χ2n) is 22.5. The molecule has 0 spiro atoms. The van der Waals surface area contributed by atoms with E-state index >= 15 is 0 Å². The molecule has 0 saturated carbocycles. The molecule has 0 aliphatic carbocycles. The van der Waals surface area contributed by atoms with Gasteiger partial charge in [0.1, 0.15) is 24.4 Å². The molecule has 1 aliphatic rings. The highest BCUT2D eigenvalue weighted by atomic mass is 16.7. The quantitative estimate of drug-likeness (QED) is 0.0149. The predicted octanol–water partition coefficient (Wildman–Crippen LogP) is 15.6. The lowest BCUT2D eigenvalue weighted by molar-refractivity contribution is -0.305. The van der Waals surface area contributed by atoms with Crippen molar-refractivity contribution in [2.75, 3.05) is 13.2 Å². The summed E-state index contributed by atoms with van der Waals surface area (Å²) in [6.07, 6.45) is 55.9. The number of esters is 1. The lowest BCUT2D eigenvalue weighted by atomic mass is 9.99. The third kappa shape index (κ3) is 42.2. The van der Waals surface area contributed by atoms with Gasteiger partial charge in [0.15, 0.2) is 12.4 Å². The highest BCUT2D eigenvalue weighted by Crippen LogP contribution is 2.26. The summed E-state index contributed by atoms with van der Waals surface area (Å²) in [5, 5.41) is 57.0. The summed E-state index contributed by atoms with van der Waals surface area (Å²) in [6, 6.07) is -1.03. The molecule has 0 aromatic carbocycles. The Bertz CT molecular complexity index is 1440. The molecule has 77 heavy (non-hydrogen) atoms. The minimum atomic E-state index is -1.62. The van der Waals surface area contributed by atoms with Crippen LogP contribution in [0.2, 0.25) is 0 Å². The van der Waals surface area contributed by atoms with Gasteiger partial charge in [-0.3, -0.25) is 9.59 Å². The number of aliphatic hydroxyl groups is 5. The van der Waals surface area contributed by atoms with E-state index in [2.05, 4.69) is 44.3 Å². The molecule has 6 N–H and O–H groups in total. The first kappa shape index (κ1) is 72.6. The number of aliphatic hydroxyl groups excluding tert-OH is 5. The number of carbonyl (C=O) groups is 2. The van der Waals surface area contributed by atoms with Crippen molar-refractivity contribution in [3.05, 3.63) is 48.6 Å². The van der Waals surface area contributed by atoms with Crippen molar-refractivity contribution in [1.29, 1.82) is 0 Å². The van der Waals surface area contributed by atoms with Gasteiger partial charge in [-0.15, -0.1) is 0 Å². The molecule has 1 saturated heterocycles. The second-order valence-corrected chi connectivity index (χ2v) is 22.5. The zero-order chi connectivity index (χ0) is 56.1. The van der Waals surface area contributed by atoms with E-state index in [4.69, 9.17) is 14.2 Å². The Morgan fingerprint density at radius 2 is 0.935 bits per heavy atom. The van der Waals surface area contributed by atoms with Crippen LogP contribution in [0, 0.1) is 0 Å². The zero-order valence-electron chi connectivity index (χ0n) is 49.8. The molecular weight excluding hydrogens is 967 g/mol. The first-order valence-electron chi connectivity index (χ1n) is 32.4. The minimum Gasteiger partial charge on any atom is -0.454 e. The van der Waals surface area contributed by atoms with Crippen molar-refractivity contribution in [1.82, 2.24) is 5.32 Å². The van der Waals surface area contributed by atoms with E-state index in [1.54, 1.807) is 6.08 Å². The fourth-order valence-electron chi connectivity index (χ4n) is 10.2. The maximum atomic E-state index is 13.4. The van der Waals surface area contributed by atoms with Gasteiger partial charge in [0.25, 0.3) is 0 Å². The first-order chi connectivity index (χ1) is 37.7. The van der Waals surface area contributed by atoms with Gasteiger partial charge in [-0.25, -0.2) is 0 Å². The van der Waals surface area contributed by atoms with E-state index in [1.807, 2.05) is 24.3 Å². The van der Waals surface area contributed by atoms with Crippen LogP contribution < -0.4 is 5.32 Å². The van der Waals surface area contributed by atoms with Gasteiger partial charge in [-0.2, -0.15) is 0 Å². The number of hydrogen-bond acceptors (Lipinski definition) is 10. The number of allylic oxidation sites excluding steroid dienone is 7. The second kappa shape index (κ2) is 54.2. The summed E-state index contributed by atoms with van der Waals surface area (Å²) in [5.74, 6) is -1.21. The number of rotatable bonds is 55. The van der Waals surface area contributed by atoms with Crippen molar-refractivity contribution in [2.24, 2.45) is 0 Å². The number of amides is 1. The van der Waals surface area contributed by atoms with Crippen LogP contribution >= 0.6 is 0 Å². The van der Waals surface area contributed by atoms with Gasteiger partial charge in [0.05, 0.1) is 25.4 Å². The number of carbonyl (C=O) groups excluding carboxylic acids is 2. The van der Waals surface area contributed by atoms with Crippen molar-refractivity contribution in [3.8, 4) is 0 Å². The molecule has 11 nitrogen and oxygen atoms in total. The van der Waals surface area contributed by atoms with Crippen molar-refractivity contribution >= 4 is 11.9 Å². The number of nitrogens with one attached hydrogen (secondary N) is 1. The molecule has 0 bridgehead atoms. The fourth-order valence-corrected chi connectivity index (χ4v) is 10.2. The molecule has 11 heteroatoms. The standard InChI is InChI=1S/C66H121NO10/c1-4-7-10-13-16-19-22-25-26-27-28-29-30-31-32-33-36-38-41-44-47-50-53-59(70)65(74)67-57(58(69)52-49-46-43-40-37-34-23-20-17-14-11-8-5-2)56-75-66-64(63(73)62(72)60(55-68)76-66)77-61(71)54-51-48-45-42-39-35-24-21-18-15-12-9-6-3/h9,12,15,18,21,24,49,52,57-60,62-64,66,68-70,72-73H,4-8,10-11,13-14,16-17,19-20,22-23,25-48,50-51,53-56H2,1-3H3,(H,67,74)/b12-9+,18-15+,24-21-,52-49+. The van der Waals surface area contributed by atoms with Crippen LogP contribution in [-0.4, -0.2) is 99.6 Å². The van der Waals surface area contributed by atoms with Crippen LogP contribution in [0.1, 0.15) is 297 Å². The van der Waals surface area contributed by atoms with E-state index in [1.165, 1.54) is 173 Å². The summed E-state index contributed by atoms with van der Waals surface area (Å²) < 4.78 is 17.6. The van der Waals surface area contributed by atoms with Gasteiger partial charge in [0.2, 0.25) is 5.91 Å². The largest absolute Gasteiger partial charge is 0.454 e. The molecule has 1 rings (SSSR count). The highest BCUT2D eigenvalue weighted by molar-refractivity contribution is 5.80. The molecular formula is C66H121NO10. The van der Waals surface area contributed by atoms with Gasteiger partial charge in [-0.1, -0.05) is 294 Å². The van der Waals surface area contributed by atoms with E-state index in [0.717, 1.165) is 77.0 Å². The van der Waals surface area contributed by atoms with Crippen LogP contribution in [0.5, 0.6) is 0 Å². The topological polar surface area (TPSA) is 175 Å². The van der Waals surface area contributed by atoms with E-state index in [-0.39, 0.29) is 13.0 Å². The van der Waals surface area contributed by atoms with Crippen LogP contribution in [0.25, 0.3) is 0 Å². The lowest BCUT2D eigenvalue weighted by Crippen LogP contribution is -2.61. The van der Waals surface area contributed by atoms with Crippen molar-refractivity contribution < 1.29 is 49.3 Å². The molecule has 8 atom stereocenters. The molecule has 1 amide bonds. The Balaban J connectivity index is 2.63. The Kier molecular flexibility index (Phi) is 51.1. The third-order valence-corrected chi connectivity index (χ3v) is 15.3. The molecule has 0 aromatic rings. The summed E-state index contributed by atoms with van der Waals surface area (Å²) in [4.78, 5) is 26.5. The van der Waals surface area contributed by atoms with Crippen LogP contribution in [-0.2, 0) is 23.8 Å². The average molecular weight is 1090 g/mol. The molecule has 1 aliphatic heterocycles. The van der Waals surface area contributed by atoms with Crippen LogP contribution in [0.3, 0.4) is 0 Å². The van der Waals surface area contributed by atoms with Crippen LogP contribution in [0.4, 0.5) is 0 Å². The third-order valence-electron chi connectivity index (χ3n) is 15.3. The smallest absolute Gasteiger partial charge is 0.306 e. The van der Waals surface area contributed by atoms with Gasteiger partial charge in [-0.05, 0) is 44.9 Å². The number of hydrogen-bond donors (Lipinski definition) is 6. The van der Waals surface area contributed by atoms with E-state index < -0.39 is 67.4 Å². The number of unbranched alkanes of at least 4 members (excludes halogenated alkanes) is 37. The molecule has 8 unspecified atom stereocenters. The highest BCUT2D eigenvalue weighted by Gasteiger charge is 2.47. The molecule has 0 radical (unpaired) electrons. The minimum absolute atomic E-state index is 0.101. The summed E-state index contributed by atoms with van der Waals surface area (Å²) in [5.41, 5.74) is 0. The molecule has 450 valence electrons. The molecule has 1 fully saturated rings. The van der Waals surface area contributed by atoms with Crippen molar-refractivity contribution in [3.63, 3.8) is 0 Å². The predicted molar refractivity (Wildman–Crippen MR) is 320 cm³/mol. The van der Waals surface area contributed by atoms with Gasteiger partial charge >= 0.3 is 5.97 Å². The van der Waals surface area contributed by atoms with Gasteiger partial charge < -0.3 is 45.1 Å². The monoisotopic (exact) mass is 1090 g/mol. The molecule has 0 aromatic heterocycles. The Labute approximate surface area is 472 Å². The Hall–Kier alpha value is -2.38. The summed E-state index contributed by atoms with van der Waals surface area (Å²) in [7, 11) is 0. The Morgan fingerprint density at radius 1 is 0.519 bits per heavy atom. The normalized spacial score (nSPS) is 19.3. The number of ether oxygens (including phenoxy) is 3. The fraction of sp³-hybridized carbons (Fsp3) is 0.848.